The van der Waals surface area contributed by atoms with Gasteiger partial charge in [0.1, 0.15) is 11.7 Å². The van der Waals surface area contributed by atoms with Crippen molar-refractivity contribution in [3.63, 3.8) is 0 Å². The maximum Gasteiger partial charge on any atom is 0.283 e. The van der Waals surface area contributed by atoms with Crippen molar-refractivity contribution in [2.24, 2.45) is 11.8 Å². The summed E-state index contributed by atoms with van der Waals surface area (Å²) in [5.74, 6) is -1.92. The topological polar surface area (TPSA) is 101 Å². The lowest BCUT2D eigenvalue weighted by atomic mass is 9.90. The van der Waals surface area contributed by atoms with E-state index in [1.807, 2.05) is 38.1 Å². The average molecular weight is 420 g/mol. The molecule has 0 saturated heterocycles. The summed E-state index contributed by atoms with van der Waals surface area (Å²) in [4.78, 5) is 24.3. The van der Waals surface area contributed by atoms with Gasteiger partial charge in [0.2, 0.25) is 5.91 Å². The standard InChI is InChI=1S/C16H22BrNO5S/c1-11(2)7-13(16(20)18-10-24(21,22)23)9-15(19)8-12-3-5-14(17)6-4-12/h3-6,11,13H,7-10H2,1-2H3,(H,18,20)(H,21,22,23)/t13-/m1/s1. The lowest BCUT2D eigenvalue weighted by Gasteiger charge is -2.17. The molecule has 24 heavy (non-hydrogen) atoms. The monoisotopic (exact) mass is 419 g/mol. The molecule has 1 amide bonds. The molecule has 134 valence electrons. The van der Waals surface area contributed by atoms with Gasteiger partial charge in [-0.2, -0.15) is 8.42 Å². The molecule has 0 heterocycles. The van der Waals surface area contributed by atoms with E-state index < -0.39 is 27.8 Å². The fraction of sp³-hybridized carbons (Fsp3) is 0.500. The first kappa shape index (κ1) is 20.8. The first-order chi connectivity index (χ1) is 11.1. The SMILES string of the molecule is CC(C)C[C@H](CC(=O)Cc1ccc(Br)cc1)C(=O)NCS(=O)(=O)O. The molecule has 1 atom stereocenters. The first-order valence-electron chi connectivity index (χ1n) is 7.56. The minimum Gasteiger partial charge on any atom is -0.340 e. The summed E-state index contributed by atoms with van der Waals surface area (Å²) in [6, 6.07) is 7.34. The number of carbonyl (C=O) groups is 2. The highest BCUT2D eigenvalue weighted by molar-refractivity contribution is 9.10. The van der Waals surface area contributed by atoms with Crippen LogP contribution in [0.1, 0.15) is 32.3 Å². The third-order valence-electron chi connectivity index (χ3n) is 3.34. The van der Waals surface area contributed by atoms with Gasteiger partial charge in [-0.05, 0) is 30.0 Å². The van der Waals surface area contributed by atoms with Gasteiger partial charge in [0.25, 0.3) is 10.1 Å². The number of Topliss-reactive ketones (excluding diaryl/α,β-unsaturated/α-hetero) is 1. The second kappa shape index (κ2) is 9.29. The Bertz CT molecular complexity index is 670. The van der Waals surface area contributed by atoms with Crippen molar-refractivity contribution in [2.45, 2.75) is 33.1 Å². The van der Waals surface area contributed by atoms with E-state index in [1.165, 1.54) is 0 Å². The highest BCUT2D eigenvalue weighted by Gasteiger charge is 2.24. The predicted molar refractivity (Wildman–Crippen MR) is 95.0 cm³/mol. The van der Waals surface area contributed by atoms with Gasteiger partial charge >= 0.3 is 0 Å². The number of rotatable bonds is 9. The molecule has 0 aliphatic heterocycles. The third kappa shape index (κ3) is 8.56. The first-order valence-corrected chi connectivity index (χ1v) is 9.96. The quantitative estimate of drug-likeness (QED) is 0.598. The summed E-state index contributed by atoms with van der Waals surface area (Å²) in [7, 11) is -4.28. The van der Waals surface area contributed by atoms with Crippen molar-refractivity contribution in [3.8, 4) is 0 Å². The van der Waals surface area contributed by atoms with Crippen molar-refractivity contribution in [2.75, 3.05) is 5.88 Å². The Morgan fingerprint density at radius 3 is 2.29 bits per heavy atom. The van der Waals surface area contributed by atoms with E-state index >= 15 is 0 Å². The van der Waals surface area contributed by atoms with E-state index in [1.54, 1.807) is 0 Å². The van der Waals surface area contributed by atoms with Crippen molar-refractivity contribution in [1.82, 2.24) is 5.32 Å². The Balaban J connectivity index is 2.68. The Labute approximate surface area is 150 Å². The molecule has 1 aromatic rings. The van der Waals surface area contributed by atoms with Gasteiger partial charge in [-0.1, -0.05) is 41.9 Å². The summed E-state index contributed by atoms with van der Waals surface area (Å²) in [6.45, 7) is 3.84. The lowest BCUT2D eigenvalue weighted by molar-refractivity contribution is -0.129. The Morgan fingerprint density at radius 2 is 1.79 bits per heavy atom. The Morgan fingerprint density at radius 1 is 1.21 bits per heavy atom. The second-order valence-corrected chi connectivity index (χ2v) is 8.51. The fourth-order valence-electron chi connectivity index (χ4n) is 2.34. The number of ketones is 1. The molecule has 0 fully saturated rings. The molecule has 8 heteroatoms. The molecule has 0 aliphatic rings. The molecule has 0 saturated carbocycles. The zero-order chi connectivity index (χ0) is 18.3. The van der Waals surface area contributed by atoms with E-state index in [-0.39, 0.29) is 24.5 Å². The smallest absolute Gasteiger partial charge is 0.283 e. The number of benzene rings is 1. The van der Waals surface area contributed by atoms with Crippen LogP contribution >= 0.6 is 15.9 Å². The highest BCUT2D eigenvalue weighted by Crippen LogP contribution is 2.18. The van der Waals surface area contributed by atoms with Crippen LogP contribution in [0.2, 0.25) is 0 Å². The van der Waals surface area contributed by atoms with Gasteiger partial charge in [-0.25, -0.2) is 0 Å². The van der Waals surface area contributed by atoms with E-state index in [9.17, 15) is 18.0 Å². The minimum atomic E-state index is -4.28. The molecule has 0 aromatic heterocycles. The number of hydrogen-bond acceptors (Lipinski definition) is 4. The molecule has 0 unspecified atom stereocenters. The molecule has 0 aliphatic carbocycles. The van der Waals surface area contributed by atoms with Gasteiger partial charge < -0.3 is 5.32 Å². The van der Waals surface area contributed by atoms with Crippen molar-refractivity contribution in [3.05, 3.63) is 34.3 Å². The highest BCUT2D eigenvalue weighted by atomic mass is 79.9. The van der Waals surface area contributed by atoms with Crippen LogP contribution in [-0.2, 0) is 26.1 Å². The zero-order valence-corrected chi connectivity index (χ0v) is 16.1. The molecule has 2 N–H and O–H groups in total. The molecule has 0 bridgehead atoms. The van der Waals surface area contributed by atoms with Crippen LogP contribution in [0.3, 0.4) is 0 Å². The number of carbonyl (C=O) groups excluding carboxylic acids is 2. The lowest BCUT2D eigenvalue weighted by Crippen LogP contribution is -2.36. The Hall–Kier alpha value is -1.25. The summed E-state index contributed by atoms with van der Waals surface area (Å²) in [6.07, 6.45) is 0.711. The van der Waals surface area contributed by atoms with E-state index in [0.717, 1.165) is 10.0 Å². The zero-order valence-electron chi connectivity index (χ0n) is 13.7. The maximum absolute atomic E-state index is 12.2. The molecular weight excluding hydrogens is 398 g/mol. The largest absolute Gasteiger partial charge is 0.340 e. The second-order valence-electron chi connectivity index (χ2n) is 6.14. The molecule has 6 nitrogen and oxygen atoms in total. The number of hydrogen-bond donors (Lipinski definition) is 2. The number of amides is 1. The van der Waals surface area contributed by atoms with E-state index in [4.69, 9.17) is 4.55 Å². The van der Waals surface area contributed by atoms with Crippen LogP contribution in [0.4, 0.5) is 0 Å². The van der Waals surface area contributed by atoms with Crippen LogP contribution in [0, 0.1) is 11.8 Å². The normalized spacial score (nSPS) is 12.9. The molecular formula is C16H22BrNO5S. The van der Waals surface area contributed by atoms with Crippen LogP contribution < -0.4 is 5.32 Å². The van der Waals surface area contributed by atoms with Crippen LogP contribution in [-0.4, -0.2) is 30.5 Å². The minimum absolute atomic E-state index is 0.0333. The average Bonchev–Trinajstić information content (AvgIpc) is 2.45. The predicted octanol–water partition coefficient (Wildman–Crippen LogP) is 2.57. The molecule has 1 aromatic carbocycles. The summed E-state index contributed by atoms with van der Waals surface area (Å²) in [5, 5.41) is 2.17. The van der Waals surface area contributed by atoms with Crippen molar-refractivity contribution >= 4 is 37.7 Å². The summed E-state index contributed by atoms with van der Waals surface area (Å²) < 4.78 is 31.1. The van der Waals surface area contributed by atoms with Crippen LogP contribution in [0.15, 0.2) is 28.7 Å². The van der Waals surface area contributed by atoms with Crippen LogP contribution in [0.5, 0.6) is 0 Å². The summed E-state index contributed by atoms with van der Waals surface area (Å²) >= 11 is 3.32. The molecule has 0 radical (unpaired) electrons. The number of nitrogens with one attached hydrogen (secondary N) is 1. The van der Waals surface area contributed by atoms with Gasteiger partial charge in [-0.15, -0.1) is 0 Å². The third-order valence-corrected chi connectivity index (χ3v) is 4.38. The Kier molecular flexibility index (Phi) is 8.05. The van der Waals surface area contributed by atoms with Gasteiger partial charge in [0, 0.05) is 23.2 Å². The van der Waals surface area contributed by atoms with E-state index in [0.29, 0.717) is 6.42 Å². The van der Waals surface area contributed by atoms with Crippen LogP contribution in [0.25, 0.3) is 0 Å². The fourth-order valence-corrected chi connectivity index (χ4v) is 2.92. The van der Waals surface area contributed by atoms with E-state index in [2.05, 4.69) is 21.2 Å². The number of halogens is 1. The maximum atomic E-state index is 12.2. The summed E-state index contributed by atoms with van der Waals surface area (Å²) in [5.41, 5.74) is 0.852. The van der Waals surface area contributed by atoms with Gasteiger partial charge in [0.15, 0.2) is 0 Å². The van der Waals surface area contributed by atoms with Crippen molar-refractivity contribution < 1.29 is 22.6 Å². The van der Waals surface area contributed by atoms with Gasteiger partial charge in [0.05, 0.1) is 0 Å². The molecule has 1 rings (SSSR count). The van der Waals surface area contributed by atoms with Crippen molar-refractivity contribution in [1.29, 1.82) is 0 Å². The molecule has 0 spiro atoms. The van der Waals surface area contributed by atoms with Gasteiger partial charge in [-0.3, -0.25) is 14.1 Å².